The summed E-state index contributed by atoms with van der Waals surface area (Å²) in [6.07, 6.45) is 1.09. The Morgan fingerprint density at radius 3 is 2.69 bits per heavy atom. The van der Waals surface area contributed by atoms with Gasteiger partial charge in [0.05, 0.1) is 20.3 Å². The molecule has 0 atom stereocenters. The van der Waals surface area contributed by atoms with Gasteiger partial charge in [0.25, 0.3) is 0 Å². The Labute approximate surface area is 96.8 Å². The summed E-state index contributed by atoms with van der Waals surface area (Å²) in [5, 5.41) is 3.20. The van der Waals surface area contributed by atoms with E-state index in [1.807, 2.05) is 19.2 Å². The zero-order valence-corrected chi connectivity index (χ0v) is 9.95. The first-order chi connectivity index (χ1) is 7.82. The quantitative estimate of drug-likeness (QED) is 0.818. The third kappa shape index (κ3) is 1.93. The molecule has 2 rings (SSSR count). The number of para-hydroxylation sites is 1. The maximum Gasteiger partial charge on any atom is 0.122 e. The summed E-state index contributed by atoms with van der Waals surface area (Å²) in [7, 11) is 3.71. The molecule has 3 heteroatoms. The van der Waals surface area contributed by atoms with Gasteiger partial charge in [-0.3, -0.25) is 0 Å². The second-order valence-electron chi connectivity index (χ2n) is 4.33. The minimum Gasteiger partial charge on any atom is -0.496 e. The second kappa shape index (κ2) is 4.85. The van der Waals surface area contributed by atoms with Crippen LogP contribution in [0.15, 0.2) is 24.3 Å². The average molecular weight is 221 g/mol. The Morgan fingerprint density at radius 1 is 1.38 bits per heavy atom. The molecule has 0 saturated carbocycles. The summed E-state index contributed by atoms with van der Waals surface area (Å²) >= 11 is 0. The number of hydrogen-bond donors (Lipinski definition) is 1. The Balaban J connectivity index is 2.25. The van der Waals surface area contributed by atoms with Gasteiger partial charge in [-0.05, 0) is 26.1 Å². The number of methoxy groups -OCH3 is 1. The highest BCUT2D eigenvalue weighted by Crippen LogP contribution is 2.40. The molecule has 0 spiro atoms. The van der Waals surface area contributed by atoms with E-state index in [0.717, 1.165) is 31.9 Å². The summed E-state index contributed by atoms with van der Waals surface area (Å²) in [5.74, 6) is 0.974. The highest BCUT2D eigenvalue weighted by atomic mass is 16.5. The van der Waals surface area contributed by atoms with Gasteiger partial charge in [-0.15, -0.1) is 0 Å². The molecule has 0 unspecified atom stereocenters. The van der Waals surface area contributed by atoms with E-state index >= 15 is 0 Å². The molecular formula is C13H19NO2. The normalized spacial score (nSPS) is 17.9. The lowest BCUT2D eigenvalue weighted by atomic mass is 9.75. The standard InChI is InChI=1S/C13H19NO2/c1-14-8-7-13(9-16-10-13)11-5-3-4-6-12(11)15-2/h3-6,14H,7-10H2,1-2H3. The van der Waals surface area contributed by atoms with Crippen LogP contribution in [0, 0.1) is 0 Å². The van der Waals surface area contributed by atoms with Crippen molar-refractivity contribution in [2.45, 2.75) is 11.8 Å². The zero-order chi connectivity index (χ0) is 11.4. The molecule has 1 fully saturated rings. The van der Waals surface area contributed by atoms with E-state index in [-0.39, 0.29) is 5.41 Å². The maximum absolute atomic E-state index is 5.43. The number of hydrogen-bond acceptors (Lipinski definition) is 3. The van der Waals surface area contributed by atoms with E-state index in [1.165, 1.54) is 5.56 Å². The Bertz CT molecular complexity index is 348. The fourth-order valence-corrected chi connectivity index (χ4v) is 2.23. The molecule has 0 bridgehead atoms. The molecule has 1 aromatic carbocycles. The fraction of sp³-hybridized carbons (Fsp3) is 0.538. The zero-order valence-electron chi connectivity index (χ0n) is 9.95. The van der Waals surface area contributed by atoms with Crippen LogP contribution in [0.4, 0.5) is 0 Å². The minimum absolute atomic E-state index is 0.148. The van der Waals surface area contributed by atoms with E-state index in [0.29, 0.717) is 0 Å². The van der Waals surface area contributed by atoms with Gasteiger partial charge in [0.2, 0.25) is 0 Å². The lowest BCUT2D eigenvalue weighted by molar-refractivity contribution is -0.0647. The molecule has 1 aromatic rings. The van der Waals surface area contributed by atoms with E-state index < -0.39 is 0 Å². The van der Waals surface area contributed by atoms with Gasteiger partial charge >= 0.3 is 0 Å². The monoisotopic (exact) mass is 221 g/mol. The summed E-state index contributed by atoms with van der Waals surface area (Å²) in [5.41, 5.74) is 1.43. The highest BCUT2D eigenvalue weighted by molar-refractivity contribution is 5.41. The van der Waals surface area contributed by atoms with Gasteiger partial charge < -0.3 is 14.8 Å². The van der Waals surface area contributed by atoms with Crippen molar-refractivity contribution < 1.29 is 9.47 Å². The van der Waals surface area contributed by atoms with Gasteiger partial charge in [-0.1, -0.05) is 18.2 Å². The molecule has 88 valence electrons. The van der Waals surface area contributed by atoms with Crippen molar-refractivity contribution in [2.24, 2.45) is 0 Å². The van der Waals surface area contributed by atoms with Crippen LogP contribution in [0.3, 0.4) is 0 Å². The molecule has 0 amide bonds. The van der Waals surface area contributed by atoms with Gasteiger partial charge in [-0.2, -0.15) is 0 Å². The van der Waals surface area contributed by atoms with Crippen molar-refractivity contribution in [2.75, 3.05) is 33.9 Å². The number of rotatable bonds is 5. The molecule has 0 aliphatic carbocycles. The van der Waals surface area contributed by atoms with E-state index in [1.54, 1.807) is 7.11 Å². The van der Waals surface area contributed by atoms with Crippen LogP contribution in [0.1, 0.15) is 12.0 Å². The van der Waals surface area contributed by atoms with Crippen LogP contribution < -0.4 is 10.1 Å². The van der Waals surface area contributed by atoms with Crippen LogP contribution in [0.25, 0.3) is 0 Å². The van der Waals surface area contributed by atoms with Crippen LogP contribution in [-0.4, -0.2) is 33.9 Å². The first-order valence-electron chi connectivity index (χ1n) is 5.68. The number of ether oxygens (including phenoxy) is 2. The van der Waals surface area contributed by atoms with Crippen molar-refractivity contribution >= 4 is 0 Å². The SMILES string of the molecule is CNCCC1(c2ccccc2OC)COC1. The Hall–Kier alpha value is -1.06. The van der Waals surface area contributed by atoms with Crippen LogP contribution >= 0.6 is 0 Å². The molecule has 1 N–H and O–H groups in total. The summed E-state index contributed by atoms with van der Waals surface area (Å²) in [6.45, 7) is 2.60. The lowest BCUT2D eigenvalue weighted by Crippen LogP contribution is -2.48. The molecule has 1 aliphatic rings. The van der Waals surface area contributed by atoms with Gasteiger partial charge in [0, 0.05) is 11.0 Å². The third-order valence-corrected chi connectivity index (χ3v) is 3.29. The molecule has 3 nitrogen and oxygen atoms in total. The molecule has 1 saturated heterocycles. The van der Waals surface area contributed by atoms with Crippen LogP contribution in [0.2, 0.25) is 0 Å². The fourth-order valence-electron chi connectivity index (χ4n) is 2.23. The maximum atomic E-state index is 5.43. The predicted molar refractivity (Wildman–Crippen MR) is 64.0 cm³/mol. The average Bonchev–Trinajstić information content (AvgIpc) is 2.28. The van der Waals surface area contributed by atoms with Crippen LogP contribution in [-0.2, 0) is 10.2 Å². The van der Waals surface area contributed by atoms with Gasteiger partial charge in [-0.25, -0.2) is 0 Å². The molecule has 1 heterocycles. The van der Waals surface area contributed by atoms with E-state index in [4.69, 9.17) is 9.47 Å². The highest BCUT2D eigenvalue weighted by Gasteiger charge is 2.41. The van der Waals surface area contributed by atoms with Crippen molar-refractivity contribution in [3.8, 4) is 5.75 Å². The van der Waals surface area contributed by atoms with Crippen molar-refractivity contribution in [1.82, 2.24) is 5.32 Å². The number of benzene rings is 1. The van der Waals surface area contributed by atoms with Gasteiger partial charge in [0.1, 0.15) is 5.75 Å². The second-order valence-corrected chi connectivity index (χ2v) is 4.33. The number of nitrogens with one attached hydrogen (secondary N) is 1. The minimum atomic E-state index is 0.148. The smallest absolute Gasteiger partial charge is 0.122 e. The Morgan fingerprint density at radius 2 is 2.12 bits per heavy atom. The Kier molecular flexibility index (Phi) is 3.46. The van der Waals surface area contributed by atoms with E-state index in [2.05, 4.69) is 17.4 Å². The summed E-state index contributed by atoms with van der Waals surface area (Å²) in [6, 6.07) is 8.25. The molecule has 0 radical (unpaired) electrons. The topological polar surface area (TPSA) is 30.5 Å². The van der Waals surface area contributed by atoms with Crippen molar-refractivity contribution in [3.63, 3.8) is 0 Å². The molecule has 0 aromatic heterocycles. The first-order valence-corrected chi connectivity index (χ1v) is 5.68. The largest absolute Gasteiger partial charge is 0.496 e. The van der Waals surface area contributed by atoms with Crippen LogP contribution in [0.5, 0.6) is 5.75 Å². The van der Waals surface area contributed by atoms with E-state index in [9.17, 15) is 0 Å². The molecule has 16 heavy (non-hydrogen) atoms. The molecule has 1 aliphatic heterocycles. The first kappa shape index (κ1) is 11.4. The van der Waals surface area contributed by atoms with Crippen molar-refractivity contribution in [1.29, 1.82) is 0 Å². The predicted octanol–water partition coefficient (Wildman–Crippen LogP) is 1.57. The third-order valence-electron chi connectivity index (χ3n) is 3.29. The lowest BCUT2D eigenvalue weighted by Gasteiger charge is -2.42. The van der Waals surface area contributed by atoms with Crippen molar-refractivity contribution in [3.05, 3.63) is 29.8 Å². The molecular weight excluding hydrogens is 202 g/mol. The summed E-state index contributed by atoms with van der Waals surface area (Å²) in [4.78, 5) is 0. The summed E-state index contributed by atoms with van der Waals surface area (Å²) < 4.78 is 10.8. The van der Waals surface area contributed by atoms with Gasteiger partial charge in [0.15, 0.2) is 0 Å².